The van der Waals surface area contributed by atoms with E-state index >= 15 is 0 Å². The van der Waals surface area contributed by atoms with Crippen molar-refractivity contribution in [2.45, 2.75) is 20.3 Å². The quantitative estimate of drug-likeness (QED) is 0.909. The lowest BCUT2D eigenvalue weighted by Crippen LogP contribution is -2.10. The van der Waals surface area contributed by atoms with E-state index in [1.54, 1.807) is 0 Å². The highest BCUT2D eigenvalue weighted by Gasteiger charge is 2.13. The zero-order valence-corrected chi connectivity index (χ0v) is 10.9. The van der Waals surface area contributed by atoms with E-state index in [0.717, 1.165) is 9.71 Å². The summed E-state index contributed by atoms with van der Waals surface area (Å²) in [6.45, 7) is 3.83. The van der Waals surface area contributed by atoms with E-state index < -0.39 is 13.0 Å². The summed E-state index contributed by atoms with van der Waals surface area (Å²) >= 11 is 1.48. The van der Waals surface area contributed by atoms with Crippen LogP contribution in [0.1, 0.15) is 11.8 Å². The molecule has 0 spiro atoms. The van der Waals surface area contributed by atoms with Gasteiger partial charge in [-0.3, -0.25) is 0 Å². The third-order valence-electron chi connectivity index (χ3n) is 2.16. The number of aromatic nitrogens is 2. The number of hydrogen-bond acceptors (Lipinski definition) is 5. The molecule has 2 rings (SSSR count). The Labute approximate surface area is 107 Å². The summed E-state index contributed by atoms with van der Waals surface area (Å²) in [5, 5.41) is 3.63. The van der Waals surface area contributed by atoms with E-state index in [-0.39, 0.29) is 5.88 Å². The number of hydrogen-bond donors (Lipinski definition) is 1. The predicted octanol–water partition coefficient (Wildman–Crippen LogP) is 3.08. The average Bonchev–Trinajstić information content (AvgIpc) is 2.66. The number of nitrogens with zero attached hydrogens (tertiary/aromatic N) is 2. The molecule has 0 aromatic carbocycles. The van der Waals surface area contributed by atoms with Gasteiger partial charge in [0.05, 0.1) is 5.39 Å². The molecule has 0 atom stereocenters. The number of fused-ring (bicyclic) bond motifs is 1. The summed E-state index contributed by atoms with van der Waals surface area (Å²) < 4.78 is 29.4. The Balaban J connectivity index is 2.39. The van der Waals surface area contributed by atoms with Gasteiger partial charge in [0.15, 0.2) is 6.61 Å². The van der Waals surface area contributed by atoms with Crippen molar-refractivity contribution in [3.63, 3.8) is 0 Å². The number of ether oxygens (including phenoxy) is 1. The topological polar surface area (TPSA) is 47.0 Å². The van der Waals surface area contributed by atoms with Crippen LogP contribution in [-0.4, -0.2) is 29.5 Å². The molecule has 2 aromatic rings. The summed E-state index contributed by atoms with van der Waals surface area (Å²) in [6, 6.07) is 1.84. The van der Waals surface area contributed by atoms with Gasteiger partial charge in [-0.15, -0.1) is 11.3 Å². The van der Waals surface area contributed by atoms with Crippen LogP contribution in [0.2, 0.25) is 0 Å². The van der Waals surface area contributed by atoms with Crippen molar-refractivity contribution in [1.82, 2.24) is 9.97 Å². The van der Waals surface area contributed by atoms with Gasteiger partial charge in [-0.25, -0.2) is 13.8 Å². The highest BCUT2D eigenvalue weighted by molar-refractivity contribution is 7.18. The maximum absolute atomic E-state index is 12.2. The number of aryl methyl sites for hydroxylation is 1. The SMILES string of the molecule is CCNc1nc(OCC(F)F)c2cc(C)sc2n1. The number of halogens is 2. The summed E-state index contributed by atoms with van der Waals surface area (Å²) in [5.74, 6) is 0.608. The maximum Gasteiger partial charge on any atom is 0.272 e. The number of anilines is 1. The fourth-order valence-corrected chi connectivity index (χ4v) is 2.37. The largest absolute Gasteiger partial charge is 0.471 e. The zero-order chi connectivity index (χ0) is 13.1. The molecule has 98 valence electrons. The van der Waals surface area contributed by atoms with Crippen LogP contribution in [0.5, 0.6) is 5.88 Å². The monoisotopic (exact) mass is 273 g/mol. The molecule has 18 heavy (non-hydrogen) atoms. The van der Waals surface area contributed by atoms with Crippen LogP contribution >= 0.6 is 11.3 Å². The number of alkyl halides is 2. The normalized spacial score (nSPS) is 11.2. The van der Waals surface area contributed by atoms with E-state index in [4.69, 9.17) is 4.74 Å². The lowest BCUT2D eigenvalue weighted by Gasteiger charge is -2.08. The van der Waals surface area contributed by atoms with Crippen LogP contribution in [0.4, 0.5) is 14.7 Å². The summed E-state index contributed by atoms with van der Waals surface area (Å²) in [6.07, 6.45) is -2.52. The first kappa shape index (κ1) is 12.9. The minimum absolute atomic E-state index is 0.209. The highest BCUT2D eigenvalue weighted by atomic mass is 32.1. The first-order valence-electron chi connectivity index (χ1n) is 5.53. The maximum atomic E-state index is 12.2. The number of rotatable bonds is 5. The molecule has 1 N–H and O–H groups in total. The molecule has 0 aliphatic heterocycles. The van der Waals surface area contributed by atoms with Crippen LogP contribution in [-0.2, 0) is 0 Å². The van der Waals surface area contributed by atoms with Crippen molar-refractivity contribution in [3.05, 3.63) is 10.9 Å². The molecule has 0 fully saturated rings. The standard InChI is InChI=1S/C11H13F2N3OS/c1-3-14-11-15-9(17-5-8(12)13)7-4-6(2)18-10(7)16-11/h4,8H,3,5H2,1-2H3,(H,14,15,16). The third kappa shape index (κ3) is 2.84. The second-order valence-electron chi connectivity index (χ2n) is 3.66. The van der Waals surface area contributed by atoms with Gasteiger partial charge in [0.1, 0.15) is 4.83 Å². The molecule has 0 bridgehead atoms. The summed E-state index contributed by atoms with van der Waals surface area (Å²) in [4.78, 5) is 10.2. The third-order valence-corrected chi connectivity index (χ3v) is 3.11. The van der Waals surface area contributed by atoms with E-state index in [0.29, 0.717) is 17.9 Å². The first-order valence-corrected chi connectivity index (χ1v) is 6.34. The zero-order valence-electron chi connectivity index (χ0n) is 10.0. The minimum atomic E-state index is -2.52. The molecule has 4 nitrogen and oxygen atoms in total. The molecular formula is C11H13F2N3OS. The van der Waals surface area contributed by atoms with Gasteiger partial charge in [-0.05, 0) is 19.9 Å². The van der Waals surface area contributed by atoms with E-state index in [9.17, 15) is 8.78 Å². The van der Waals surface area contributed by atoms with Gasteiger partial charge in [0.2, 0.25) is 11.8 Å². The Bertz CT molecular complexity index is 544. The van der Waals surface area contributed by atoms with Crippen LogP contribution < -0.4 is 10.1 Å². The fourth-order valence-electron chi connectivity index (χ4n) is 1.50. The molecule has 0 saturated heterocycles. The molecule has 0 aliphatic carbocycles. The van der Waals surface area contributed by atoms with E-state index in [2.05, 4.69) is 15.3 Å². The van der Waals surface area contributed by atoms with Crippen molar-refractivity contribution in [1.29, 1.82) is 0 Å². The Kier molecular flexibility index (Phi) is 3.90. The Morgan fingerprint density at radius 1 is 1.44 bits per heavy atom. The van der Waals surface area contributed by atoms with Crippen LogP contribution in [0.15, 0.2) is 6.07 Å². The second-order valence-corrected chi connectivity index (χ2v) is 4.90. The Morgan fingerprint density at radius 2 is 2.22 bits per heavy atom. The first-order chi connectivity index (χ1) is 8.60. The number of thiophene rings is 1. The van der Waals surface area contributed by atoms with Crippen molar-refractivity contribution < 1.29 is 13.5 Å². The van der Waals surface area contributed by atoms with Gasteiger partial charge in [0.25, 0.3) is 6.43 Å². The molecule has 0 saturated carbocycles. The van der Waals surface area contributed by atoms with Crippen molar-refractivity contribution in [3.8, 4) is 5.88 Å². The van der Waals surface area contributed by atoms with E-state index in [1.165, 1.54) is 11.3 Å². The molecule has 0 radical (unpaired) electrons. The Morgan fingerprint density at radius 3 is 2.89 bits per heavy atom. The van der Waals surface area contributed by atoms with Gasteiger partial charge in [-0.2, -0.15) is 4.98 Å². The molecule has 0 amide bonds. The molecule has 0 unspecified atom stereocenters. The molecule has 2 aromatic heterocycles. The average molecular weight is 273 g/mol. The van der Waals surface area contributed by atoms with Gasteiger partial charge in [0, 0.05) is 11.4 Å². The molecule has 7 heteroatoms. The minimum Gasteiger partial charge on any atom is -0.471 e. The van der Waals surface area contributed by atoms with E-state index in [1.807, 2.05) is 19.9 Å². The lowest BCUT2D eigenvalue weighted by molar-refractivity contribution is 0.0805. The Hall–Kier alpha value is -1.50. The van der Waals surface area contributed by atoms with Crippen LogP contribution in [0, 0.1) is 6.92 Å². The van der Waals surface area contributed by atoms with Crippen molar-refractivity contribution in [2.24, 2.45) is 0 Å². The fraction of sp³-hybridized carbons (Fsp3) is 0.455. The summed E-state index contributed by atoms with van der Waals surface area (Å²) in [7, 11) is 0. The van der Waals surface area contributed by atoms with Crippen LogP contribution in [0.25, 0.3) is 10.2 Å². The predicted molar refractivity (Wildman–Crippen MR) is 67.8 cm³/mol. The van der Waals surface area contributed by atoms with Gasteiger partial charge in [-0.1, -0.05) is 0 Å². The molecule has 2 heterocycles. The van der Waals surface area contributed by atoms with Crippen LogP contribution in [0.3, 0.4) is 0 Å². The number of nitrogens with one attached hydrogen (secondary N) is 1. The second kappa shape index (κ2) is 5.43. The van der Waals surface area contributed by atoms with Gasteiger partial charge < -0.3 is 10.1 Å². The van der Waals surface area contributed by atoms with Crippen molar-refractivity contribution in [2.75, 3.05) is 18.5 Å². The van der Waals surface area contributed by atoms with Gasteiger partial charge >= 0.3 is 0 Å². The molecular weight excluding hydrogens is 260 g/mol. The lowest BCUT2D eigenvalue weighted by atomic mass is 10.3. The smallest absolute Gasteiger partial charge is 0.272 e. The highest BCUT2D eigenvalue weighted by Crippen LogP contribution is 2.31. The molecule has 0 aliphatic rings. The summed E-state index contributed by atoms with van der Waals surface area (Å²) in [5.41, 5.74) is 0. The van der Waals surface area contributed by atoms with Crippen molar-refractivity contribution >= 4 is 27.5 Å².